The highest BCUT2D eigenvalue weighted by Gasteiger charge is 2.09. The predicted octanol–water partition coefficient (Wildman–Crippen LogP) is 2.38. The van der Waals surface area contributed by atoms with Gasteiger partial charge in [-0.15, -0.1) is 0 Å². The summed E-state index contributed by atoms with van der Waals surface area (Å²) in [6, 6.07) is 5.32. The summed E-state index contributed by atoms with van der Waals surface area (Å²) >= 11 is 0. The number of hydrogen-bond acceptors (Lipinski definition) is 3. The number of carbonyl (C=O) groups is 2. The molecule has 1 aromatic rings. The Labute approximate surface area is 118 Å². The minimum atomic E-state index is -0.775. The van der Waals surface area contributed by atoms with Gasteiger partial charge in [0.2, 0.25) is 0 Å². The number of nitrogens with one attached hydrogen (secondary N) is 1. The molecule has 0 aromatic heterocycles. The minimum absolute atomic E-state index is 0.108. The fraction of sp³-hybridized carbons (Fsp3) is 0.467. The Morgan fingerprint density at radius 3 is 2.60 bits per heavy atom. The van der Waals surface area contributed by atoms with E-state index in [9.17, 15) is 9.59 Å². The number of rotatable bonds is 8. The number of amides is 1. The van der Waals surface area contributed by atoms with Gasteiger partial charge in [-0.2, -0.15) is 0 Å². The number of benzene rings is 1. The Bertz CT molecular complexity index is 471. The molecule has 0 radical (unpaired) electrons. The maximum Gasteiger partial charge on any atom is 0.303 e. The summed E-state index contributed by atoms with van der Waals surface area (Å²) in [7, 11) is 1.59. The second-order valence-electron chi connectivity index (χ2n) is 4.64. The Morgan fingerprint density at radius 1 is 1.25 bits per heavy atom. The van der Waals surface area contributed by atoms with E-state index in [-0.39, 0.29) is 12.3 Å². The molecule has 1 rings (SSSR count). The number of methoxy groups -OCH3 is 1. The first-order valence-electron chi connectivity index (χ1n) is 6.69. The molecular weight excluding hydrogens is 258 g/mol. The molecule has 0 bridgehead atoms. The van der Waals surface area contributed by atoms with Crippen molar-refractivity contribution in [2.75, 3.05) is 13.7 Å². The number of carbonyl (C=O) groups excluding carboxylic acids is 1. The van der Waals surface area contributed by atoms with Gasteiger partial charge in [0.05, 0.1) is 7.11 Å². The van der Waals surface area contributed by atoms with Gasteiger partial charge >= 0.3 is 5.97 Å². The predicted molar refractivity (Wildman–Crippen MR) is 76.2 cm³/mol. The number of aliphatic carboxylic acids is 1. The monoisotopic (exact) mass is 279 g/mol. The lowest BCUT2D eigenvalue weighted by atomic mass is 10.1. The van der Waals surface area contributed by atoms with E-state index in [0.717, 1.165) is 24.2 Å². The van der Waals surface area contributed by atoms with Gasteiger partial charge in [0.15, 0.2) is 0 Å². The van der Waals surface area contributed by atoms with Crippen LogP contribution in [0, 0.1) is 6.92 Å². The molecule has 0 saturated heterocycles. The average molecular weight is 279 g/mol. The van der Waals surface area contributed by atoms with Crippen molar-refractivity contribution in [3.63, 3.8) is 0 Å². The number of carboxylic acid groups (broad SMARTS) is 1. The fourth-order valence-corrected chi connectivity index (χ4v) is 1.89. The molecule has 1 aromatic carbocycles. The second-order valence-corrected chi connectivity index (χ2v) is 4.64. The summed E-state index contributed by atoms with van der Waals surface area (Å²) in [5.74, 6) is -0.154. The highest BCUT2D eigenvalue weighted by molar-refractivity contribution is 5.95. The van der Waals surface area contributed by atoms with Gasteiger partial charge in [0, 0.05) is 18.5 Å². The lowest BCUT2D eigenvalue weighted by Gasteiger charge is -2.09. The summed E-state index contributed by atoms with van der Waals surface area (Å²) < 4.78 is 5.09. The van der Waals surface area contributed by atoms with Gasteiger partial charge < -0.3 is 15.2 Å². The molecule has 0 fully saturated rings. The molecular formula is C15H21NO4. The maximum absolute atomic E-state index is 12.0. The van der Waals surface area contributed by atoms with Gasteiger partial charge in [-0.1, -0.05) is 6.42 Å². The van der Waals surface area contributed by atoms with Crippen LogP contribution in [0.3, 0.4) is 0 Å². The van der Waals surface area contributed by atoms with Gasteiger partial charge in [-0.3, -0.25) is 9.59 Å². The molecule has 0 spiro atoms. The van der Waals surface area contributed by atoms with Gasteiger partial charge in [-0.25, -0.2) is 0 Å². The smallest absolute Gasteiger partial charge is 0.303 e. The summed E-state index contributed by atoms with van der Waals surface area (Å²) in [5.41, 5.74) is 1.50. The molecule has 5 nitrogen and oxygen atoms in total. The number of ether oxygens (including phenoxy) is 1. The van der Waals surface area contributed by atoms with Crippen molar-refractivity contribution in [1.82, 2.24) is 5.32 Å². The second kappa shape index (κ2) is 8.19. The summed E-state index contributed by atoms with van der Waals surface area (Å²) in [5, 5.41) is 11.3. The standard InChI is InChI=1S/C15H21NO4/c1-11-10-12(20-2)7-8-13(11)15(19)16-9-5-3-4-6-14(17)18/h7-8,10H,3-6,9H2,1-2H3,(H,16,19)(H,17,18). The highest BCUT2D eigenvalue weighted by atomic mass is 16.5. The van der Waals surface area contributed by atoms with Crippen LogP contribution >= 0.6 is 0 Å². The average Bonchev–Trinajstić information content (AvgIpc) is 2.41. The van der Waals surface area contributed by atoms with Crippen LogP contribution in [0.4, 0.5) is 0 Å². The van der Waals surface area contributed by atoms with Gasteiger partial charge in [-0.05, 0) is 43.5 Å². The lowest BCUT2D eigenvalue weighted by Crippen LogP contribution is -2.25. The lowest BCUT2D eigenvalue weighted by molar-refractivity contribution is -0.137. The van der Waals surface area contributed by atoms with Crippen LogP contribution in [-0.4, -0.2) is 30.6 Å². The molecule has 0 heterocycles. The van der Waals surface area contributed by atoms with E-state index in [0.29, 0.717) is 18.5 Å². The van der Waals surface area contributed by atoms with Crippen LogP contribution in [0.2, 0.25) is 0 Å². The molecule has 1 amide bonds. The molecule has 0 saturated carbocycles. The first-order valence-corrected chi connectivity index (χ1v) is 6.69. The molecule has 5 heteroatoms. The molecule has 0 atom stereocenters. The Balaban J connectivity index is 2.34. The number of carboxylic acids is 1. The van der Waals surface area contributed by atoms with Crippen molar-refractivity contribution in [1.29, 1.82) is 0 Å². The molecule has 0 aliphatic carbocycles. The van der Waals surface area contributed by atoms with Crippen molar-refractivity contribution in [3.8, 4) is 5.75 Å². The third kappa shape index (κ3) is 5.30. The van der Waals surface area contributed by atoms with Gasteiger partial charge in [0.25, 0.3) is 5.91 Å². The summed E-state index contributed by atoms with van der Waals surface area (Å²) in [6.45, 7) is 2.42. The molecule has 2 N–H and O–H groups in total. The topological polar surface area (TPSA) is 75.6 Å². The van der Waals surface area contributed by atoms with Gasteiger partial charge in [0.1, 0.15) is 5.75 Å². The van der Waals surface area contributed by atoms with E-state index in [4.69, 9.17) is 9.84 Å². The third-order valence-electron chi connectivity index (χ3n) is 3.03. The zero-order valence-electron chi connectivity index (χ0n) is 11.9. The molecule has 20 heavy (non-hydrogen) atoms. The van der Waals surface area contributed by atoms with E-state index in [1.165, 1.54) is 0 Å². The fourth-order valence-electron chi connectivity index (χ4n) is 1.89. The van der Waals surface area contributed by atoms with Crippen LogP contribution in [0.1, 0.15) is 41.6 Å². The first-order chi connectivity index (χ1) is 9.54. The molecule has 110 valence electrons. The molecule has 0 unspecified atom stereocenters. The van der Waals surface area contributed by atoms with Crippen LogP contribution in [0.15, 0.2) is 18.2 Å². The highest BCUT2D eigenvalue weighted by Crippen LogP contribution is 2.16. The van der Waals surface area contributed by atoms with E-state index in [1.54, 1.807) is 19.2 Å². The maximum atomic E-state index is 12.0. The van der Waals surface area contributed by atoms with Crippen LogP contribution in [-0.2, 0) is 4.79 Å². The van der Waals surface area contributed by atoms with E-state index < -0.39 is 5.97 Å². The zero-order chi connectivity index (χ0) is 15.0. The van der Waals surface area contributed by atoms with Crippen LogP contribution < -0.4 is 10.1 Å². The van der Waals surface area contributed by atoms with Crippen molar-refractivity contribution < 1.29 is 19.4 Å². The van der Waals surface area contributed by atoms with Crippen molar-refractivity contribution in [2.45, 2.75) is 32.6 Å². The van der Waals surface area contributed by atoms with Crippen molar-refractivity contribution in [3.05, 3.63) is 29.3 Å². The number of hydrogen-bond donors (Lipinski definition) is 2. The summed E-state index contributed by atoms with van der Waals surface area (Å²) in [6.07, 6.45) is 2.42. The molecule has 0 aliphatic heterocycles. The van der Waals surface area contributed by atoms with E-state index >= 15 is 0 Å². The zero-order valence-corrected chi connectivity index (χ0v) is 11.9. The van der Waals surface area contributed by atoms with E-state index in [1.807, 2.05) is 13.0 Å². The van der Waals surface area contributed by atoms with Crippen molar-refractivity contribution in [2.24, 2.45) is 0 Å². The summed E-state index contributed by atoms with van der Waals surface area (Å²) in [4.78, 5) is 22.3. The van der Waals surface area contributed by atoms with Crippen molar-refractivity contribution >= 4 is 11.9 Å². The quantitative estimate of drug-likeness (QED) is 0.716. The number of aryl methyl sites for hydroxylation is 1. The normalized spacial score (nSPS) is 10.1. The van der Waals surface area contributed by atoms with Crippen LogP contribution in [0.25, 0.3) is 0 Å². The Kier molecular flexibility index (Phi) is 6.56. The minimum Gasteiger partial charge on any atom is -0.497 e. The Morgan fingerprint density at radius 2 is 2.00 bits per heavy atom. The Hall–Kier alpha value is -2.04. The first kappa shape index (κ1) is 16.0. The number of unbranched alkanes of at least 4 members (excludes halogenated alkanes) is 2. The molecule has 0 aliphatic rings. The third-order valence-corrected chi connectivity index (χ3v) is 3.03. The van der Waals surface area contributed by atoms with E-state index in [2.05, 4.69) is 5.32 Å². The largest absolute Gasteiger partial charge is 0.497 e. The SMILES string of the molecule is COc1ccc(C(=O)NCCCCCC(=O)O)c(C)c1. The van der Waals surface area contributed by atoms with Crippen LogP contribution in [0.5, 0.6) is 5.75 Å².